The number of nitrogens with zero attached hydrogens (tertiary/aromatic N) is 1. The average Bonchev–Trinajstić information content (AvgIpc) is 2.09. The van der Waals surface area contributed by atoms with Crippen LogP contribution in [0.5, 0.6) is 0 Å². The van der Waals surface area contributed by atoms with Gasteiger partial charge >= 0.3 is 0 Å². The van der Waals surface area contributed by atoms with E-state index in [4.69, 9.17) is 23.1 Å². The maximum absolute atomic E-state index is 13.1. The number of guanidine groups is 1. The summed E-state index contributed by atoms with van der Waals surface area (Å²) >= 11 is 5.72. The summed E-state index contributed by atoms with van der Waals surface area (Å²) in [7, 11) is 0. The van der Waals surface area contributed by atoms with Crippen LogP contribution >= 0.6 is 11.6 Å². The molecule has 0 saturated heterocycles. The van der Waals surface area contributed by atoms with E-state index in [1.807, 2.05) is 0 Å². The molecule has 1 aromatic rings. The molecule has 14 heavy (non-hydrogen) atoms. The minimum absolute atomic E-state index is 0.145. The number of hydrazone groups is 1. The molecule has 74 valence electrons. The van der Waals surface area contributed by atoms with E-state index in [0.29, 0.717) is 0 Å². The fourth-order valence-corrected chi connectivity index (χ4v) is 1.04. The Bertz CT molecular complexity index is 365. The van der Waals surface area contributed by atoms with Gasteiger partial charge in [0, 0.05) is 5.10 Å². The molecule has 0 fully saturated rings. The van der Waals surface area contributed by atoms with Gasteiger partial charge in [0.1, 0.15) is 5.82 Å². The lowest BCUT2D eigenvalue weighted by molar-refractivity contribution is -0.456. The van der Waals surface area contributed by atoms with Crippen LogP contribution in [0.15, 0.2) is 23.3 Å². The van der Waals surface area contributed by atoms with Crippen molar-refractivity contribution < 1.29 is 9.49 Å². The Hall–Kier alpha value is -1.62. The molecule has 0 saturated carbocycles. The van der Waals surface area contributed by atoms with E-state index in [9.17, 15) is 4.39 Å². The summed E-state index contributed by atoms with van der Waals surface area (Å²) in [5.41, 5.74) is 10.3. The number of nitrogens with one attached hydrogen (secondary N) is 1. The zero-order valence-electron chi connectivity index (χ0n) is 7.17. The maximum Gasteiger partial charge on any atom is 0.256 e. The van der Waals surface area contributed by atoms with Gasteiger partial charge in [-0.15, -0.1) is 5.10 Å². The summed E-state index contributed by atoms with van der Waals surface area (Å²) in [6.45, 7) is 0. The van der Waals surface area contributed by atoms with Gasteiger partial charge in [0.05, 0.1) is 10.6 Å². The largest absolute Gasteiger partial charge is 0.365 e. The minimum atomic E-state index is -0.448. The molecule has 0 atom stereocenters. The van der Waals surface area contributed by atoms with Crippen LogP contribution in [-0.2, 0) is 0 Å². The normalized spacial score (nSPS) is 10.4. The highest BCUT2D eigenvalue weighted by Gasteiger charge is 2.06. The molecule has 0 aliphatic heterocycles. The summed E-state index contributed by atoms with van der Waals surface area (Å²) < 4.78 is 13.1. The van der Waals surface area contributed by atoms with Crippen LogP contribution in [0.25, 0.3) is 0 Å². The topological polar surface area (TPSA) is 78.4 Å². The lowest BCUT2D eigenvalue weighted by Crippen LogP contribution is -2.64. The highest BCUT2D eigenvalue weighted by atomic mass is 35.5. The molecule has 1 aromatic carbocycles. The fraction of sp³-hybridized carbons (Fsp3) is 0. The van der Waals surface area contributed by atoms with Crippen molar-refractivity contribution in [2.75, 3.05) is 0 Å². The van der Waals surface area contributed by atoms with Gasteiger partial charge in [-0.2, -0.15) is 0 Å². The predicted octanol–water partition coefficient (Wildman–Crippen LogP) is -0.833. The standard InChI is InChI=1S/C8H8ClFN4/c9-6-2-1-3-7(10)5(6)4-13-14-8(11)12/h1-4H,(H4,11,12,14)/p+1/b13-4-. The second kappa shape index (κ2) is 4.57. The molecule has 0 bridgehead atoms. The first kappa shape index (κ1) is 10.5. The van der Waals surface area contributed by atoms with Gasteiger partial charge in [-0.3, -0.25) is 0 Å². The van der Waals surface area contributed by atoms with Crippen molar-refractivity contribution >= 4 is 23.8 Å². The van der Waals surface area contributed by atoms with E-state index in [0.717, 1.165) is 0 Å². The number of hydrogen-bond acceptors (Lipinski definition) is 1. The summed E-state index contributed by atoms with van der Waals surface area (Å²) in [5.74, 6) is -0.593. The lowest BCUT2D eigenvalue weighted by Gasteiger charge is -1.94. The van der Waals surface area contributed by atoms with Crippen molar-refractivity contribution in [3.63, 3.8) is 0 Å². The Morgan fingerprint density at radius 1 is 1.50 bits per heavy atom. The molecular formula is C8H9ClFN4+. The van der Waals surface area contributed by atoms with Gasteiger partial charge in [0.2, 0.25) is 6.21 Å². The van der Waals surface area contributed by atoms with Gasteiger partial charge in [0.25, 0.3) is 5.96 Å². The van der Waals surface area contributed by atoms with E-state index in [2.05, 4.69) is 10.2 Å². The second-order valence-electron chi connectivity index (χ2n) is 2.45. The fourth-order valence-electron chi connectivity index (χ4n) is 0.820. The van der Waals surface area contributed by atoms with Crippen molar-refractivity contribution in [2.24, 2.45) is 16.6 Å². The van der Waals surface area contributed by atoms with Crippen LogP contribution in [-0.4, -0.2) is 12.2 Å². The molecule has 0 radical (unpaired) electrons. The number of halogens is 2. The van der Waals surface area contributed by atoms with Crippen molar-refractivity contribution in [3.05, 3.63) is 34.6 Å². The molecule has 0 amide bonds. The Labute approximate surface area is 85.1 Å². The van der Waals surface area contributed by atoms with Gasteiger partial charge in [-0.1, -0.05) is 17.7 Å². The third kappa shape index (κ3) is 2.70. The van der Waals surface area contributed by atoms with Gasteiger partial charge in [-0.05, 0) is 12.1 Å². The van der Waals surface area contributed by atoms with E-state index < -0.39 is 5.82 Å². The summed E-state index contributed by atoms with van der Waals surface area (Å²) in [6.07, 6.45) is 1.28. The van der Waals surface area contributed by atoms with E-state index in [1.165, 1.54) is 18.3 Å². The van der Waals surface area contributed by atoms with Crippen LogP contribution in [0, 0.1) is 5.82 Å². The molecule has 4 nitrogen and oxygen atoms in total. The Kier molecular flexibility index (Phi) is 3.41. The number of benzene rings is 1. The first-order valence-electron chi connectivity index (χ1n) is 3.72. The molecule has 0 spiro atoms. The lowest BCUT2D eigenvalue weighted by atomic mass is 10.2. The van der Waals surface area contributed by atoms with Crippen LogP contribution in [0.1, 0.15) is 5.56 Å². The smallest absolute Gasteiger partial charge is 0.256 e. The molecule has 0 aromatic heterocycles. The number of nitrogens with two attached hydrogens (primary N) is 2. The first-order chi connectivity index (χ1) is 6.61. The average molecular weight is 216 g/mol. The van der Waals surface area contributed by atoms with Gasteiger partial charge in [-0.25, -0.2) is 4.39 Å². The molecule has 5 N–H and O–H groups in total. The maximum atomic E-state index is 13.1. The third-order valence-corrected chi connectivity index (χ3v) is 1.73. The van der Waals surface area contributed by atoms with E-state index >= 15 is 0 Å². The summed E-state index contributed by atoms with van der Waals surface area (Å²) in [5, 5.41) is 6.10. The zero-order valence-corrected chi connectivity index (χ0v) is 7.92. The molecule has 0 unspecified atom stereocenters. The second-order valence-corrected chi connectivity index (χ2v) is 2.85. The Balaban J connectivity index is 2.97. The third-order valence-electron chi connectivity index (χ3n) is 1.40. The van der Waals surface area contributed by atoms with Crippen molar-refractivity contribution in [1.29, 1.82) is 0 Å². The van der Waals surface area contributed by atoms with Gasteiger partial charge < -0.3 is 11.5 Å². The zero-order chi connectivity index (χ0) is 10.6. The van der Waals surface area contributed by atoms with Crippen LogP contribution in [0.3, 0.4) is 0 Å². The van der Waals surface area contributed by atoms with Crippen LogP contribution < -0.4 is 16.6 Å². The minimum Gasteiger partial charge on any atom is -0.365 e. The Morgan fingerprint density at radius 3 is 2.79 bits per heavy atom. The quantitative estimate of drug-likeness (QED) is 0.342. The van der Waals surface area contributed by atoms with E-state index in [-0.39, 0.29) is 16.5 Å². The van der Waals surface area contributed by atoms with Crippen molar-refractivity contribution in [2.45, 2.75) is 0 Å². The molecule has 6 heteroatoms. The SMILES string of the molecule is NC(N)=N/[NH+]=C\c1c(F)cccc1Cl. The van der Waals surface area contributed by atoms with Crippen molar-refractivity contribution in [3.8, 4) is 0 Å². The summed E-state index contributed by atoms with van der Waals surface area (Å²) in [4.78, 5) is 0. The molecule has 0 aliphatic carbocycles. The molecule has 0 aliphatic rings. The highest BCUT2D eigenvalue weighted by molar-refractivity contribution is 6.32. The van der Waals surface area contributed by atoms with Gasteiger partial charge in [0.15, 0.2) is 0 Å². The summed E-state index contributed by atoms with van der Waals surface area (Å²) in [6, 6.07) is 4.36. The van der Waals surface area contributed by atoms with Crippen molar-refractivity contribution in [1.82, 2.24) is 0 Å². The van der Waals surface area contributed by atoms with E-state index in [1.54, 1.807) is 6.07 Å². The highest BCUT2D eigenvalue weighted by Crippen LogP contribution is 2.15. The molecule has 1 rings (SSSR count). The number of hydrogen-bond donors (Lipinski definition) is 3. The first-order valence-corrected chi connectivity index (χ1v) is 4.10. The molecule has 0 heterocycles. The monoisotopic (exact) mass is 215 g/mol. The van der Waals surface area contributed by atoms with Crippen LogP contribution in [0.4, 0.5) is 4.39 Å². The molecular weight excluding hydrogens is 207 g/mol. The predicted molar refractivity (Wildman–Crippen MR) is 53.3 cm³/mol. The Morgan fingerprint density at radius 2 is 2.21 bits per heavy atom. The van der Waals surface area contributed by atoms with Crippen LogP contribution in [0.2, 0.25) is 5.02 Å². The number of rotatable bonds is 2.